The Hall–Kier alpha value is -1.16. The van der Waals surface area contributed by atoms with Crippen LogP contribution in [0.2, 0.25) is 0 Å². The van der Waals surface area contributed by atoms with Crippen molar-refractivity contribution in [3.63, 3.8) is 0 Å². The van der Waals surface area contributed by atoms with Crippen LogP contribution in [0, 0.1) is 5.41 Å². The molecule has 0 aliphatic rings. The third-order valence-corrected chi connectivity index (χ3v) is 1.84. The van der Waals surface area contributed by atoms with Crippen LogP contribution in [0.3, 0.4) is 0 Å². The highest BCUT2D eigenvalue weighted by molar-refractivity contribution is 5.04. The molecule has 0 fully saturated rings. The summed E-state index contributed by atoms with van der Waals surface area (Å²) in [4.78, 5) is 18.3. The summed E-state index contributed by atoms with van der Waals surface area (Å²) < 4.78 is 4.94. The van der Waals surface area contributed by atoms with Crippen LogP contribution in [-0.4, -0.2) is 17.1 Å². The van der Waals surface area contributed by atoms with Crippen molar-refractivity contribution in [3.8, 4) is 0 Å². The fourth-order valence-corrected chi connectivity index (χ4v) is 1.40. The normalized spacial score (nSPS) is 11.7. The monoisotopic (exact) mass is 210 g/mol. The van der Waals surface area contributed by atoms with Gasteiger partial charge in [-0.25, -0.2) is 4.98 Å². The molecule has 0 radical (unpaired) electrons. The molecule has 1 aromatic rings. The number of ether oxygens (including phenoxy) is 1. The van der Waals surface area contributed by atoms with Crippen LogP contribution in [0.25, 0.3) is 0 Å². The first kappa shape index (κ1) is 11.9. The van der Waals surface area contributed by atoms with Crippen LogP contribution in [0.4, 0.5) is 0 Å². The molecule has 0 atom stereocenters. The van der Waals surface area contributed by atoms with Gasteiger partial charge >= 0.3 is 0 Å². The summed E-state index contributed by atoms with van der Waals surface area (Å²) in [6.45, 7) is 6.69. The molecule has 1 aromatic heterocycles. The summed E-state index contributed by atoms with van der Waals surface area (Å²) in [5, 5.41) is 0. The van der Waals surface area contributed by atoms with Crippen LogP contribution in [0.15, 0.2) is 10.9 Å². The lowest BCUT2D eigenvalue weighted by molar-refractivity contribution is 0.177. The van der Waals surface area contributed by atoms with Gasteiger partial charge in [-0.2, -0.15) is 0 Å². The lowest BCUT2D eigenvalue weighted by Crippen LogP contribution is -2.17. The average Bonchev–Trinajstić information content (AvgIpc) is 1.99. The van der Waals surface area contributed by atoms with Crippen molar-refractivity contribution in [2.45, 2.75) is 33.8 Å². The number of hydrogen-bond donors (Lipinski definition) is 1. The predicted molar refractivity (Wildman–Crippen MR) is 58.7 cm³/mol. The molecule has 0 saturated heterocycles. The van der Waals surface area contributed by atoms with E-state index in [-0.39, 0.29) is 11.0 Å². The average molecular weight is 210 g/mol. The van der Waals surface area contributed by atoms with Crippen molar-refractivity contribution in [3.05, 3.63) is 27.9 Å². The number of aromatic amines is 1. The van der Waals surface area contributed by atoms with E-state index in [4.69, 9.17) is 4.74 Å². The Morgan fingerprint density at radius 2 is 2.13 bits per heavy atom. The van der Waals surface area contributed by atoms with Crippen molar-refractivity contribution in [2.75, 3.05) is 7.11 Å². The maximum atomic E-state index is 11.3. The van der Waals surface area contributed by atoms with E-state index >= 15 is 0 Å². The maximum absolute atomic E-state index is 11.3. The van der Waals surface area contributed by atoms with Crippen molar-refractivity contribution in [1.29, 1.82) is 0 Å². The number of aromatic nitrogens is 2. The van der Waals surface area contributed by atoms with Crippen molar-refractivity contribution < 1.29 is 4.74 Å². The molecule has 0 spiro atoms. The van der Waals surface area contributed by atoms with Crippen molar-refractivity contribution in [2.24, 2.45) is 5.41 Å². The lowest BCUT2D eigenvalue weighted by Gasteiger charge is -2.17. The van der Waals surface area contributed by atoms with E-state index in [1.807, 2.05) is 0 Å². The third kappa shape index (κ3) is 4.25. The van der Waals surface area contributed by atoms with E-state index in [1.54, 1.807) is 13.2 Å². The fraction of sp³-hybridized carbons (Fsp3) is 0.636. The van der Waals surface area contributed by atoms with E-state index in [1.165, 1.54) is 0 Å². The molecule has 0 amide bonds. The highest BCUT2D eigenvalue weighted by Crippen LogP contribution is 2.18. The number of H-pyrrole nitrogens is 1. The highest BCUT2D eigenvalue weighted by Gasteiger charge is 2.13. The first-order chi connectivity index (χ1) is 6.90. The second-order valence-electron chi connectivity index (χ2n) is 4.85. The van der Waals surface area contributed by atoms with E-state index in [0.717, 1.165) is 12.1 Å². The zero-order valence-electron chi connectivity index (χ0n) is 9.76. The van der Waals surface area contributed by atoms with Crippen molar-refractivity contribution >= 4 is 0 Å². The minimum Gasteiger partial charge on any atom is -0.377 e. The Kier molecular flexibility index (Phi) is 3.63. The SMILES string of the molecule is COCc1nc(CC(C)(C)C)cc(=O)[nH]1. The first-order valence-electron chi connectivity index (χ1n) is 4.99. The summed E-state index contributed by atoms with van der Waals surface area (Å²) in [7, 11) is 1.58. The second-order valence-corrected chi connectivity index (χ2v) is 4.85. The largest absolute Gasteiger partial charge is 0.377 e. The van der Waals surface area contributed by atoms with Crippen LogP contribution in [-0.2, 0) is 17.8 Å². The summed E-state index contributed by atoms with van der Waals surface area (Å²) >= 11 is 0. The maximum Gasteiger partial charge on any atom is 0.251 e. The molecule has 4 heteroatoms. The number of rotatable bonds is 3. The molecule has 4 nitrogen and oxygen atoms in total. The van der Waals surface area contributed by atoms with Crippen LogP contribution in [0.5, 0.6) is 0 Å². The number of nitrogens with one attached hydrogen (secondary N) is 1. The van der Waals surface area contributed by atoms with Crippen LogP contribution in [0.1, 0.15) is 32.3 Å². The molecular weight excluding hydrogens is 192 g/mol. The summed E-state index contributed by atoms with van der Waals surface area (Å²) in [5.41, 5.74) is 0.833. The van der Waals surface area contributed by atoms with Gasteiger partial charge in [0, 0.05) is 18.9 Å². The fourth-order valence-electron chi connectivity index (χ4n) is 1.40. The topological polar surface area (TPSA) is 55.0 Å². The molecule has 0 saturated carbocycles. The third-order valence-electron chi connectivity index (χ3n) is 1.84. The van der Waals surface area contributed by atoms with E-state index in [0.29, 0.717) is 12.4 Å². The Morgan fingerprint density at radius 1 is 1.47 bits per heavy atom. The Morgan fingerprint density at radius 3 is 2.67 bits per heavy atom. The highest BCUT2D eigenvalue weighted by atomic mass is 16.5. The summed E-state index contributed by atoms with van der Waals surface area (Å²) in [6, 6.07) is 1.55. The molecule has 15 heavy (non-hydrogen) atoms. The second kappa shape index (κ2) is 4.57. The van der Waals surface area contributed by atoms with E-state index in [9.17, 15) is 4.79 Å². The Balaban J connectivity index is 2.94. The molecule has 1 rings (SSSR count). The zero-order chi connectivity index (χ0) is 11.5. The molecule has 0 aromatic carbocycles. The molecule has 0 aliphatic heterocycles. The zero-order valence-corrected chi connectivity index (χ0v) is 9.76. The molecule has 1 heterocycles. The van der Waals surface area contributed by atoms with Crippen LogP contribution >= 0.6 is 0 Å². The number of nitrogens with zero attached hydrogens (tertiary/aromatic N) is 1. The van der Waals surface area contributed by atoms with E-state index < -0.39 is 0 Å². The van der Waals surface area contributed by atoms with Gasteiger partial charge < -0.3 is 9.72 Å². The van der Waals surface area contributed by atoms with Gasteiger partial charge in [0.05, 0.1) is 0 Å². The number of methoxy groups -OCH3 is 1. The predicted octanol–water partition coefficient (Wildman–Crippen LogP) is 1.50. The quantitative estimate of drug-likeness (QED) is 0.822. The lowest BCUT2D eigenvalue weighted by atomic mass is 9.90. The standard InChI is InChI=1S/C11H18N2O2/c1-11(2,3)6-8-5-10(14)13-9(12-8)7-15-4/h5H,6-7H2,1-4H3,(H,12,13,14). The van der Waals surface area contributed by atoms with Gasteiger partial charge in [0.2, 0.25) is 0 Å². The molecule has 0 bridgehead atoms. The van der Waals surface area contributed by atoms with Gasteiger partial charge in [0.25, 0.3) is 5.56 Å². The van der Waals surface area contributed by atoms with Gasteiger partial charge in [-0.3, -0.25) is 4.79 Å². The van der Waals surface area contributed by atoms with E-state index in [2.05, 4.69) is 30.7 Å². The molecule has 84 valence electrons. The minimum absolute atomic E-state index is 0.115. The smallest absolute Gasteiger partial charge is 0.251 e. The molecular formula is C11H18N2O2. The Labute approximate surface area is 89.7 Å². The Bertz CT molecular complexity index is 377. The summed E-state index contributed by atoms with van der Waals surface area (Å²) in [6.07, 6.45) is 0.785. The van der Waals surface area contributed by atoms with Gasteiger partial charge in [0.1, 0.15) is 12.4 Å². The van der Waals surface area contributed by atoms with Crippen LogP contribution < -0.4 is 5.56 Å². The van der Waals surface area contributed by atoms with Gasteiger partial charge in [-0.15, -0.1) is 0 Å². The number of hydrogen-bond acceptors (Lipinski definition) is 3. The van der Waals surface area contributed by atoms with Gasteiger partial charge in [0.15, 0.2) is 0 Å². The minimum atomic E-state index is -0.115. The first-order valence-corrected chi connectivity index (χ1v) is 4.99. The molecule has 0 unspecified atom stereocenters. The van der Waals surface area contributed by atoms with Gasteiger partial charge in [-0.1, -0.05) is 20.8 Å². The summed E-state index contributed by atoms with van der Waals surface area (Å²) in [5.74, 6) is 0.587. The molecule has 0 aliphatic carbocycles. The van der Waals surface area contributed by atoms with Gasteiger partial charge in [-0.05, 0) is 11.8 Å². The van der Waals surface area contributed by atoms with Crippen molar-refractivity contribution in [1.82, 2.24) is 9.97 Å². The molecule has 1 N–H and O–H groups in total.